The number of rotatable bonds is 4. The molecule has 5 aromatic rings. The summed E-state index contributed by atoms with van der Waals surface area (Å²) in [4.78, 5) is 9.33. The van der Waals surface area contributed by atoms with Crippen LogP contribution in [0, 0.1) is 5.82 Å². The second kappa shape index (κ2) is 6.54. The van der Waals surface area contributed by atoms with Gasteiger partial charge in [0.15, 0.2) is 0 Å². The summed E-state index contributed by atoms with van der Waals surface area (Å²) >= 11 is 1.56. The first-order chi connectivity index (χ1) is 13.7. The van der Waals surface area contributed by atoms with E-state index in [1.54, 1.807) is 29.7 Å². The third-order valence-electron chi connectivity index (χ3n) is 4.96. The number of benzene rings is 1. The fraction of sp³-hybridized carbons (Fsp3) is 0.143. The van der Waals surface area contributed by atoms with Crippen LogP contribution < -0.4 is 5.73 Å². The van der Waals surface area contributed by atoms with Crippen LogP contribution >= 0.6 is 11.3 Å². The van der Waals surface area contributed by atoms with Gasteiger partial charge in [-0.25, -0.2) is 14.4 Å². The molecule has 1 aromatic carbocycles. The maximum Gasteiger partial charge on any atom is 0.140 e. The molecule has 0 aliphatic rings. The van der Waals surface area contributed by atoms with E-state index in [-0.39, 0.29) is 5.82 Å². The van der Waals surface area contributed by atoms with Crippen molar-refractivity contribution in [2.45, 2.75) is 6.54 Å². The first-order valence-electron chi connectivity index (χ1n) is 9.00. The Kier molecular flexibility index (Phi) is 3.99. The van der Waals surface area contributed by atoms with Gasteiger partial charge in [-0.1, -0.05) is 0 Å². The van der Waals surface area contributed by atoms with Crippen LogP contribution in [0.25, 0.3) is 43.8 Å². The van der Waals surface area contributed by atoms with Gasteiger partial charge in [-0.2, -0.15) is 0 Å². The fourth-order valence-corrected chi connectivity index (χ4v) is 4.55. The molecular formula is C21H18FN5S. The van der Waals surface area contributed by atoms with E-state index in [2.05, 4.69) is 15.6 Å². The maximum atomic E-state index is 13.9. The topological polar surface area (TPSA) is 61.7 Å². The van der Waals surface area contributed by atoms with Crippen LogP contribution in [-0.4, -0.2) is 25.6 Å². The van der Waals surface area contributed by atoms with Gasteiger partial charge in [0.1, 0.15) is 16.5 Å². The van der Waals surface area contributed by atoms with Crippen molar-refractivity contribution in [2.75, 3.05) is 6.54 Å². The van der Waals surface area contributed by atoms with E-state index in [0.717, 1.165) is 43.8 Å². The molecule has 0 aliphatic carbocycles. The minimum atomic E-state index is -0.254. The van der Waals surface area contributed by atoms with E-state index in [4.69, 9.17) is 10.7 Å². The summed E-state index contributed by atoms with van der Waals surface area (Å²) < 4.78 is 18.0. The first-order valence-corrected chi connectivity index (χ1v) is 9.88. The van der Waals surface area contributed by atoms with Crippen LogP contribution in [0.1, 0.15) is 0 Å². The standard InChI is InChI=1S/C21H18FN5S/c1-26-10-16(14-3-2-7-24-20(14)26)18-12-28-21(25-18)17-11-27(8-6-23)19-5-4-13(22)9-15(17)19/h2-5,7,9-12H,6,8,23H2,1H3. The smallest absolute Gasteiger partial charge is 0.140 e. The summed E-state index contributed by atoms with van der Waals surface area (Å²) in [6.45, 7) is 1.20. The molecule has 0 unspecified atom stereocenters. The van der Waals surface area contributed by atoms with E-state index in [0.29, 0.717) is 13.1 Å². The van der Waals surface area contributed by atoms with Gasteiger partial charge in [0.2, 0.25) is 0 Å². The molecule has 0 fully saturated rings. The number of hydrogen-bond donors (Lipinski definition) is 1. The van der Waals surface area contributed by atoms with Gasteiger partial charge in [0.05, 0.1) is 5.69 Å². The van der Waals surface area contributed by atoms with Crippen molar-refractivity contribution in [3.8, 4) is 21.8 Å². The van der Waals surface area contributed by atoms with Crippen molar-refractivity contribution in [1.29, 1.82) is 0 Å². The highest BCUT2D eigenvalue weighted by atomic mass is 32.1. The number of pyridine rings is 1. The Labute approximate surface area is 164 Å². The van der Waals surface area contributed by atoms with E-state index in [1.165, 1.54) is 6.07 Å². The average molecular weight is 391 g/mol. The quantitative estimate of drug-likeness (QED) is 0.493. The van der Waals surface area contributed by atoms with Crippen molar-refractivity contribution in [3.05, 3.63) is 60.1 Å². The third-order valence-corrected chi connectivity index (χ3v) is 5.83. The van der Waals surface area contributed by atoms with E-state index < -0.39 is 0 Å². The van der Waals surface area contributed by atoms with Crippen LogP contribution in [0.4, 0.5) is 4.39 Å². The molecule has 0 radical (unpaired) electrons. The Balaban J connectivity index is 1.66. The maximum absolute atomic E-state index is 13.9. The summed E-state index contributed by atoms with van der Waals surface area (Å²) in [5, 5.41) is 4.83. The number of nitrogens with two attached hydrogens (primary N) is 1. The number of hydrogen-bond acceptors (Lipinski definition) is 4. The summed E-state index contributed by atoms with van der Waals surface area (Å²) in [5.74, 6) is -0.254. The van der Waals surface area contributed by atoms with E-state index in [1.807, 2.05) is 35.5 Å². The largest absolute Gasteiger partial charge is 0.345 e. The van der Waals surface area contributed by atoms with Gasteiger partial charge in [-0.15, -0.1) is 11.3 Å². The Morgan fingerprint density at radius 1 is 1.14 bits per heavy atom. The number of aromatic nitrogens is 4. The summed E-state index contributed by atoms with van der Waals surface area (Å²) in [6, 6.07) is 8.84. The van der Waals surface area contributed by atoms with Crippen LogP contribution in [0.5, 0.6) is 0 Å². The normalized spacial score (nSPS) is 11.7. The Hall–Kier alpha value is -3.03. The second-order valence-corrected chi connectivity index (χ2v) is 7.61. The lowest BCUT2D eigenvalue weighted by Crippen LogP contribution is -2.08. The molecule has 4 aromatic heterocycles. The molecule has 0 amide bonds. The molecule has 7 heteroatoms. The third kappa shape index (κ3) is 2.63. The lowest BCUT2D eigenvalue weighted by Gasteiger charge is -2.01. The Morgan fingerprint density at radius 2 is 2.04 bits per heavy atom. The Morgan fingerprint density at radius 3 is 2.89 bits per heavy atom. The SMILES string of the molecule is Cn1cc(-c2csc(-c3cn(CCN)c4ccc(F)cc34)n2)c2cccnc21. The van der Waals surface area contributed by atoms with Gasteiger partial charge in [0.25, 0.3) is 0 Å². The van der Waals surface area contributed by atoms with Crippen molar-refractivity contribution in [1.82, 2.24) is 19.1 Å². The predicted octanol–water partition coefficient (Wildman–Crippen LogP) is 4.42. The van der Waals surface area contributed by atoms with Gasteiger partial charge in [0, 0.05) is 71.5 Å². The highest BCUT2D eigenvalue weighted by molar-refractivity contribution is 7.13. The molecule has 0 saturated carbocycles. The molecule has 4 heterocycles. The second-order valence-electron chi connectivity index (χ2n) is 6.75. The first kappa shape index (κ1) is 17.1. The molecule has 140 valence electrons. The molecule has 0 atom stereocenters. The van der Waals surface area contributed by atoms with Crippen LogP contribution in [0.2, 0.25) is 0 Å². The molecule has 0 bridgehead atoms. The summed E-state index contributed by atoms with van der Waals surface area (Å²) in [7, 11) is 1.98. The highest BCUT2D eigenvalue weighted by Gasteiger charge is 2.17. The van der Waals surface area contributed by atoms with Gasteiger partial charge in [-0.05, 0) is 30.3 Å². The minimum absolute atomic E-state index is 0.254. The zero-order valence-electron chi connectivity index (χ0n) is 15.3. The van der Waals surface area contributed by atoms with Crippen LogP contribution in [0.15, 0.2) is 54.3 Å². The van der Waals surface area contributed by atoms with Gasteiger partial charge >= 0.3 is 0 Å². The molecule has 0 saturated heterocycles. The molecule has 0 spiro atoms. The lowest BCUT2D eigenvalue weighted by molar-refractivity contribution is 0.629. The van der Waals surface area contributed by atoms with Crippen molar-refractivity contribution >= 4 is 33.3 Å². The molecular weight excluding hydrogens is 373 g/mol. The summed E-state index contributed by atoms with van der Waals surface area (Å²) in [5.41, 5.74) is 10.5. The number of halogens is 1. The zero-order chi connectivity index (χ0) is 19.3. The fourth-order valence-electron chi connectivity index (χ4n) is 3.70. The van der Waals surface area contributed by atoms with Crippen molar-refractivity contribution in [3.63, 3.8) is 0 Å². The monoisotopic (exact) mass is 391 g/mol. The minimum Gasteiger partial charge on any atom is -0.345 e. The van der Waals surface area contributed by atoms with Crippen LogP contribution in [-0.2, 0) is 13.6 Å². The molecule has 28 heavy (non-hydrogen) atoms. The molecule has 2 N–H and O–H groups in total. The van der Waals surface area contributed by atoms with Crippen molar-refractivity contribution < 1.29 is 4.39 Å². The number of fused-ring (bicyclic) bond motifs is 2. The van der Waals surface area contributed by atoms with Gasteiger partial charge in [-0.3, -0.25) is 0 Å². The molecule has 5 nitrogen and oxygen atoms in total. The lowest BCUT2D eigenvalue weighted by atomic mass is 10.1. The Bertz CT molecular complexity index is 1310. The highest BCUT2D eigenvalue weighted by Crippen LogP contribution is 2.37. The van der Waals surface area contributed by atoms with Gasteiger partial charge < -0.3 is 14.9 Å². The summed E-state index contributed by atoms with van der Waals surface area (Å²) in [6.07, 6.45) is 5.86. The molecule has 0 aliphatic heterocycles. The number of nitrogens with zero attached hydrogens (tertiary/aromatic N) is 4. The predicted molar refractivity (Wildman–Crippen MR) is 112 cm³/mol. The van der Waals surface area contributed by atoms with E-state index >= 15 is 0 Å². The van der Waals surface area contributed by atoms with E-state index in [9.17, 15) is 4.39 Å². The zero-order valence-corrected chi connectivity index (χ0v) is 16.1. The number of thiazole rings is 1. The van der Waals surface area contributed by atoms with Crippen molar-refractivity contribution in [2.24, 2.45) is 12.8 Å². The average Bonchev–Trinajstić information content (AvgIpc) is 3.39. The number of aryl methyl sites for hydroxylation is 1. The van der Waals surface area contributed by atoms with Crippen LogP contribution in [0.3, 0.4) is 0 Å². The molecule has 5 rings (SSSR count).